The van der Waals surface area contributed by atoms with Crippen molar-refractivity contribution in [2.75, 3.05) is 30.0 Å². The SMILES string of the molecule is CCS(=O)(=O)N(C)CC1(O)C[C@H](C(=O)Nc2ccc(Cl)cc2)[C@@H](C(=O)Nc2ccc(-n3ccccc3=O)cc2F)C1. The molecule has 0 bridgehead atoms. The minimum absolute atomic E-state index is 0.180. The molecule has 1 aliphatic rings. The lowest BCUT2D eigenvalue weighted by Gasteiger charge is -2.28. The minimum Gasteiger partial charge on any atom is -0.388 e. The number of rotatable bonds is 9. The first-order chi connectivity index (χ1) is 19.3. The lowest BCUT2D eigenvalue weighted by molar-refractivity contribution is -0.128. The first-order valence-electron chi connectivity index (χ1n) is 12.8. The number of anilines is 2. The van der Waals surface area contributed by atoms with Crippen molar-refractivity contribution in [1.82, 2.24) is 8.87 Å². The standard InChI is InChI=1S/C28H30ClFN4O6S/c1-3-41(39,40)33(2)17-28(38)15-21(26(36)31-19-9-7-18(29)8-10-19)22(16-28)27(37)32-24-12-11-20(14-23(24)30)34-13-5-4-6-25(34)35/h4-14,21-22,38H,3,15-17H2,1-2H3,(H,31,36)(H,32,37)/t21-,22-,28?/m0/s1. The van der Waals surface area contributed by atoms with E-state index in [4.69, 9.17) is 11.6 Å². The number of likely N-dealkylation sites (N-methyl/N-ethyl adjacent to an activating group) is 1. The first kappa shape index (κ1) is 30.4. The molecule has 0 saturated heterocycles. The second-order valence-corrected chi connectivity index (χ2v) is 12.9. The van der Waals surface area contributed by atoms with Gasteiger partial charge in [-0.05, 0) is 62.2 Å². The molecule has 1 aromatic heterocycles. The molecule has 0 aliphatic heterocycles. The van der Waals surface area contributed by atoms with Gasteiger partial charge in [-0.3, -0.25) is 19.0 Å². The Labute approximate surface area is 241 Å². The molecule has 1 heterocycles. The van der Waals surface area contributed by atoms with E-state index in [1.165, 1.54) is 42.9 Å². The fraction of sp³-hybridized carbons (Fsp3) is 0.321. The van der Waals surface area contributed by atoms with Crippen molar-refractivity contribution in [3.63, 3.8) is 0 Å². The highest BCUT2D eigenvalue weighted by molar-refractivity contribution is 7.89. The van der Waals surface area contributed by atoms with Crippen LogP contribution in [-0.4, -0.2) is 59.2 Å². The summed E-state index contributed by atoms with van der Waals surface area (Å²) < 4.78 is 42.0. The molecule has 2 amide bonds. The quantitative estimate of drug-likeness (QED) is 0.343. The van der Waals surface area contributed by atoms with Crippen molar-refractivity contribution in [3.05, 3.63) is 88.1 Å². The highest BCUT2D eigenvalue weighted by Gasteiger charge is 2.51. The molecule has 1 unspecified atom stereocenters. The summed E-state index contributed by atoms with van der Waals surface area (Å²) in [7, 11) is -2.33. The molecule has 218 valence electrons. The Balaban J connectivity index is 1.58. The van der Waals surface area contributed by atoms with Crippen LogP contribution in [0.4, 0.5) is 15.8 Å². The highest BCUT2D eigenvalue weighted by atomic mass is 35.5. The lowest BCUT2D eigenvalue weighted by atomic mass is 9.94. The van der Waals surface area contributed by atoms with Gasteiger partial charge in [-0.2, -0.15) is 0 Å². The first-order valence-corrected chi connectivity index (χ1v) is 14.8. The fourth-order valence-corrected chi connectivity index (χ4v) is 5.99. The number of nitrogens with zero attached hydrogens (tertiary/aromatic N) is 2. The second-order valence-electron chi connectivity index (χ2n) is 10.1. The zero-order valence-electron chi connectivity index (χ0n) is 22.4. The van der Waals surface area contributed by atoms with Crippen molar-refractivity contribution >= 4 is 44.8 Å². The van der Waals surface area contributed by atoms with Crippen LogP contribution in [0.3, 0.4) is 0 Å². The average Bonchev–Trinajstić information content (AvgIpc) is 3.29. The van der Waals surface area contributed by atoms with Gasteiger partial charge in [-0.15, -0.1) is 0 Å². The number of carbonyl (C=O) groups excluding carboxylic acids is 2. The van der Waals surface area contributed by atoms with Crippen LogP contribution in [-0.2, 0) is 19.6 Å². The van der Waals surface area contributed by atoms with Crippen LogP contribution in [0.25, 0.3) is 5.69 Å². The zero-order chi connectivity index (χ0) is 29.9. The van der Waals surface area contributed by atoms with Gasteiger partial charge < -0.3 is 15.7 Å². The van der Waals surface area contributed by atoms with Gasteiger partial charge in [0.15, 0.2) is 0 Å². The summed E-state index contributed by atoms with van der Waals surface area (Å²) in [6, 6.07) is 14.7. The van der Waals surface area contributed by atoms with Gasteiger partial charge in [-0.25, -0.2) is 17.1 Å². The molecule has 1 aliphatic carbocycles. The summed E-state index contributed by atoms with van der Waals surface area (Å²) in [6.45, 7) is 1.14. The van der Waals surface area contributed by atoms with Gasteiger partial charge >= 0.3 is 0 Å². The Morgan fingerprint density at radius 3 is 2.29 bits per heavy atom. The van der Waals surface area contributed by atoms with Crippen LogP contribution in [0, 0.1) is 17.7 Å². The van der Waals surface area contributed by atoms with Gasteiger partial charge in [0.25, 0.3) is 5.56 Å². The Hall–Kier alpha value is -3.58. The Morgan fingerprint density at radius 2 is 1.71 bits per heavy atom. The lowest BCUT2D eigenvalue weighted by Crippen LogP contribution is -2.43. The number of aliphatic hydroxyl groups is 1. The maximum atomic E-state index is 15.0. The van der Waals surface area contributed by atoms with Crippen molar-refractivity contribution in [1.29, 1.82) is 0 Å². The molecule has 4 rings (SSSR count). The van der Waals surface area contributed by atoms with E-state index in [2.05, 4.69) is 10.6 Å². The number of carbonyl (C=O) groups is 2. The molecule has 1 saturated carbocycles. The third-order valence-corrected chi connectivity index (χ3v) is 9.20. The van der Waals surface area contributed by atoms with E-state index in [0.717, 1.165) is 10.4 Å². The molecule has 1 fully saturated rings. The number of halogens is 2. The third kappa shape index (κ3) is 7.02. The topological polar surface area (TPSA) is 138 Å². The molecule has 10 nitrogen and oxygen atoms in total. The molecule has 41 heavy (non-hydrogen) atoms. The van der Waals surface area contributed by atoms with Gasteiger partial charge in [0, 0.05) is 42.6 Å². The van der Waals surface area contributed by atoms with Crippen LogP contribution in [0.1, 0.15) is 19.8 Å². The van der Waals surface area contributed by atoms with Crippen LogP contribution in [0.15, 0.2) is 71.7 Å². The van der Waals surface area contributed by atoms with E-state index in [1.807, 2.05) is 0 Å². The zero-order valence-corrected chi connectivity index (χ0v) is 24.0. The predicted octanol–water partition coefficient (Wildman–Crippen LogP) is 3.25. The molecule has 3 aromatic rings. The molecule has 3 N–H and O–H groups in total. The number of benzene rings is 2. The number of hydrogen-bond acceptors (Lipinski definition) is 6. The molecule has 2 aromatic carbocycles. The van der Waals surface area contributed by atoms with Crippen molar-refractivity contribution in [3.8, 4) is 5.69 Å². The average molecular weight is 605 g/mol. The summed E-state index contributed by atoms with van der Waals surface area (Å²) in [5.41, 5.74) is -1.57. The number of hydrogen-bond donors (Lipinski definition) is 3. The number of aromatic nitrogens is 1. The summed E-state index contributed by atoms with van der Waals surface area (Å²) >= 11 is 5.92. The fourth-order valence-electron chi connectivity index (χ4n) is 4.99. The van der Waals surface area contributed by atoms with E-state index in [9.17, 15) is 27.9 Å². The predicted molar refractivity (Wildman–Crippen MR) is 154 cm³/mol. The Kier molecular flexibility index (Phi) is 8.97. The number of nitrogens with one attached hydrogen (secondary N) is 2. The summed E-state index contributed by atoms with van der Waals surface area (Å²) in [5, 5.41) is 17.0. The molecule has 3 atom stereocenters. The highest BCUT2D eigenvalue weighted by Crippen LogP contribution is 2.42. The summed E-state index contributed by atoms with van der Waals surface area (Å²) in [6.07, 6.45) is 1.04. The minimum atomic E-state index is -3.65. The van der Waals surface area contributed by atoms with E-state index < -0.39 is 45.1 Å². The maximum absolute atomic E-state index is 15.0. The second kappa shape index (κ2) is 12.1. The van der Waals surface area contributed by atoms with Crippen LogP contribution < -0.4 is 16.2 Å². The van der Waals surface area contributed by atoms with Gasteiger partial charge in [0.05, 0.1) is 34.6 Å². The van der Waals surface area contributed by atoms with Crippen molar-refractivity contribution < 1.29 is 27.5 Å². The van der Waals surface area contributed by atoms with Gasteiger partial charge in [-0.1, -0.05) is 17.7 Å². The molecule has 13 heteroatoms. The van der Waals surface area contributed by atoms with E-state index in [0.29, 0.717) is 10.7 Å². The maximum Gasteiger partial charge on any atom is 0.255 e. The van der Waals surface area contributed by atoms with E-state index in [-0.39, 0.29) is 42.1 Å². The van der Waals surface area contributed by atoms with E-state index >= 15 is 4.39 Å². The number of amides is 2. The molecular weight excluding hydrogens is 575 g/mol. The Bertz CT molecular complexity index is 1610. The van der Waals surface area contributed by atoms with Crippen LogP contribution in [0.2, 0.25) is 5.02 Å². The number of sulfonamides is 1. The van der Waals surface area contributed by atoms with Gasteiger partial charge in [0.2, 0.25) is 21.8 Å². The summed E-state index contributed by atoms with van der Waals surface area (Å²) in [5.74, 6) is -4.45. The summed E-state index contributed by atoms with van der Waals surface area (Å²) in [4.78, 5) is 38.9. The monoisotopic (exact) mass is 604 g/mol. The molecular formula is C28H30ClFN4O6S. The third-order valence-electron chi connectivity index (χ3n) is 7.14. The number of pyridine rings is 1. The smallest absolute Gasteiger partial charge is 0.255 e. The van der Waals surface area contributed by atoms with Crippen molar-refractivity contribution in [2.45, 2.75) is 25.4 Å². The Morgan fingerprint density at radius 1 is 1.07 bits per heavy atom. The molecule has 0 spiro atoms. The van der Waals surface area contributed by atoms with E-state index in [1.54, 1.807) is 36.4 Å². The molecule has 0 radical (unpaired) electrons. The normalized spacial score (nSPS) is 20.6. The van der Waals surface area contributed by atoms with Crippen LogP contribution >= 0.6 is 11.6 Å². The van der Waals surface area contributed by atoms with Gasteiger partial charge in [0.1, 0.15) is 5.82 Å². The van der Waals surface area contributed by atoms with Crippen LogP contribution in [0.5, 0.6) is 0 Å². The van der Waals surface area contributed by atoms with Crippen molar-refractivity contribution in [2.24, 2.45) is 11.8 Å². The largest absolute Gasteiger partial charge is 0.388 e.